The first-order chi connectivity index (χ1) is 15.1. The zero-order valence-corrected chi connectivity index (χ0v) is 18.8. The van der Waals surface area contributed by atoms with Gasteiger partial charge < -0.3 is 9.72 Å². The van der Waals surface area contributed by atoms with Crippen LogP contribution in [0.3, 0.4) is 0 Å². The Hall–Kier alpha value is -3.03. The number of ether oxygens (including phenoxy) is 1. The van der Waals surface area contributed by atoms with Gasteiger partial charge in [0, 0.05) is 23.5 Å². The molecular weight excluding hydrogens is 408 g/mol. The molecule has 6 nitrogen and oxygen atoms in total. The number of rotatable bonds is 8. The Morgan fingerprint density at radius 1 is 1.10 bits per heavy atom. The van der Waals surface area contributed by atoms with Crippen molar-refractivity contribution in [1.29, 1.82) is 0 Å². The van der Waals surface area contributed by atoms with E-state index in [0.717, 1.165) is 34.0 Å². The van der Waals surface area contributed by atoms with Crippen LogP contribution in [0.4, 0.5) is 0 Å². The molecule has 4 aromatic rings. The molecule has 2 heterocycles. The monoisotopic (exact) mass is 434 g/mol. The van der Waals surface area contributed by atoms with E-state index in [9.17, 15) is 4.79 Å². The molecule has 31 heavy (non-hydrogen) atoms. The van der Waals surface area contributed by atoms with Crippen molar-refractivity contribution in [3.63, 3.8) is 0 Å². The number of H-pyrrole nitrogens is 1. The van der Waals surface area contributed by atoms with Crippen molar-refractivity contribution in [2.45, 2.75) is 39.4 Å². The molecule has 0 spiro atoms. The number of benzene rings is 2. The minimum absolute atomic E-state index is 0.0971. The highest BCUT2D eigenvalue weighted by atomic mass is 32.1. The lowest BCUT2D eigenvalue weighted by atomic mass is 10.2. The standard InChI is InChI=1S/C24H26N4O2S/c1-4-16(2)28(14-22-26-21-8-6-5-7-20(21)23(29)27-22)13-18-15-31-24(25-18)17-9-11-19(30-3)12-10-17/h5-12,15-16H,4,13-14H2,1-3H3,(H,26,27,29). The summed E-state index contributed by atoms with van der Waals surface area (Å²) in [7, 11) is 1.66. The Labute approximate surface area is 185 Å². The number of para-hydroxylation sites is 1. The fourth-order valence-corrected chi connectivity index (χ4v) is 4.30. The SMILES string of the molecule is CCC(C)N(Cc1csc(-c2ccc(OC)cc2)n1)Cc1nc2ccccc2c(=O)[nH]1. The van der Waals surface area contributed by atoms with E-state index in [4.69, 9.17) is 9.72 Å². The van der Waals surface area contributed by atoms with Gasteiger partial charge in [-0.2, -0.15) is 0 Å². The zero-order chi connectivity index (χ0) is 21.8. The largest absolute Gasteiger partial charge is 0.497 e. The van der Waals surface area contributed by atoms with Gasteiger partial charge in [0.1, 0.15) is 16.6 Å². The Kier molecular flexibility index (Phi) is 6.44. The van der Waals surface area contributed by atoms with Crippen LogP contribution in [0.15, 0.2) is 58.7 Å². The number of nitrogens with one attached hydrogen (secondary N) is 1. The van der Waals surface area contributed by atoms with Crippen LogP contribution < -0.4 is 10.3 Å². The van der Waals surface area contributed by atoms with E-state index in [1.54, 1.807) is 24.5 Å². The van der Waals surface area contributed by atoms with Crippen molar-refractivity contribution < 1.29 is 4.74 Å². The average molecular weight is 435 g/mol. The Morgan fingerprint density at radius 2 is 1.87 bits per heavy atom. The predicted octanol–water partition coefficient (Wildman–Crippen LogP) is 4.86. The van der Waals surface area contributed by atoms with Crippen LogP contribution in [0.1, 0.15) is 31.8 Å². The summed E-state index contributed by atoms with van der Waals surface area (Å²) in [5, 5.41) is 3.70. The molecule has 0 bridgehead atoms. The highest BCUT2D eigenvalue weighted by molar-refractivity contribution is 7.13. The highest BCUT2D eigenvalue weighted by Crippen LogP contribution is 2.26. The summed E-state index contributed by atoms with van der Waals surface area (Å²) in [6, 6.07) is 15.7. The molecule has 0 saturated heterocycles. The number of methoxy groups -OCH3 is 1. The van der Waals surface area contributed by atoms with Gasteiger partial charge in [-0.15, -0.1) is 11.3 Å². The smallest absolute Gasteiger partial charge is 0.258 e. The summed E-state index contributed by atoms with van der Waals surface area (Å²) in [5.41, 5.74) is 2.72. The number of nitrogens with zero attached hydrogens (tertiary/aromatic N) is 3. The number of aromatic amines is 1. The van der Waals surface area contributed by atoms with Crippen LogP contribution in [0.2, 0.25) is 0 Å². The normalized spacial score (nSPS) is 12.4. The molecule has 0 saturated carbocycles. The first-order valence-electron chi connectivity index (χ1n) is 10.4. The Balaban J connectivity index is 1.55. The fourth-order valence-electron chi connectivity index (χ4n) is 3.48. The van der Waals surface area contributed by atoms with Crippen molar-refractivity contribution in [2.24, 2.45) is 0 Å². The topological polar surface area (TPSA) is 71.1 Å². The van der Waals surface area contributed by atoms with Gasteiger partial charge in [-0.05, 0) is 49.7 Å². The molecule has 7 heteroatoms. The highest BCUT2D eigenvalue weighted by Gasteiger charge is 2.17. The minimum atomic E-state index is -0.0971. The lowest BCUT2D eigenvalue weighted by Crippen LogP contribution is -2.33. The molecule has 1 atom stereocenters. The van der Waals surface area contributed by atoms with E-state index in [-0.39, 0.29) is 5.56 Å². The third-order valence-electron chi connectivity index (χ3n) is 5.48. The van der Waals surface area contributed by atoms with E-state index in [1.165, 1.54) is 0 Å². The van der Waals surface area contributed by atoms with E-state index in [1.807, 2.05) is 42.5 Å². The van der Waals surface area contributed by atoms with Gasteiger partial charge in [-0.25, -0.2) is 9.97 Å². The molecule has 2 aromatic heterocycles. The maximum Gasteiger partial charge on any atom is 0.258 e. The summed E-state index contributed by atoms with van der Waals surface area (Å²) in [6.07, 6.45) is 0.993. The van der Waals surface area contributed by atoms with Gasteiger partial charge in [0.05, 0.1) is 30.3 Å². The van der Waals surface area contributed by atoms with Crippen LogP contribution >= 0.6 is 11.3 Å². The molecular formula is C24H26N4O2S. The van der Waals surface area contributed by atoms with E-state index in [2.05, 4.69) is 34.1 Å². The molecule has 0 fully saturated rings. The van der Waals surface area contributed by atoms with E-state index in [0.29, 0.717) is 30.3 Å². The van der Waals surface area contributed by atoms with Gasteiger partial charge in [0.2, 0.25) is 0 Å². The number of fused-ring (bicyclic) bond motifs is 1. The molecule has 1 N–H and O–H groups in total. The van der Waals surface area contributed by atoms with Crippen LogP contribution in [0.25, 0.3) is 21.5 Å². The second kappa shape index (κ2) is 9.41. The summed E-state index contributed by atoms with van der Waals surface area (Å²) < 4.78 is 5.24. The molecule has 0 aliphatic rings. The van der Waals surface area contributed by atoms with Crippen LogP contribution in [-0.2, 0) is 13.1 Å². The van der Waals surface area contributed by atoms with Crippen molar-refractivity contribution in [2.75, 3.05) is 7.11 Å². The van der Waals surface area contributed by atoms with Crippen LogP contribution in [-0.4, -0.2) is 33.0 Å². The predicted molar refractivity (Wildman–Crippen MR) is 125 cm³/mol. The third kappa shape index (κ3) is 4.84. The minimum Gasteiger partial charge on any atom is -0.497 e. The van der Waals surface area contributed by atoms with E-state index < -0.39 is 0 Å². The summed E-state index contributed by atoms with van der Waals surface area (Å²) in [5.74, 6) is 1.51. The van der Waals surface area contributed by atoms with Gasteiger partial charge in [-0.1, -0.05) is 19.1 Å². The summed E-state index contributed by atoms with van der Waals surface area (Å²) >= 11 is 1.64. The molecule has 0 aliphatic carbocycles. The second-order valence-electron chi connectivity index (χ2n) is 7.56. The molecule has 4 rings (SSSR count). The number of thiazole rings is 1. The van der Waals surface area contributed by atoms with Gasteiger partial charge in [0.15, 0.2) is 0 Å². The number of aromatic nitrogens is 3. The Bertz CT molecular complexity index is 1220. The van der Waals surface area contributed by atoms with Crippen LogP contribution in [0, 0.1) is 0 Å². The lowest BCUT2D eigenvalue weighted by molar-refractivity contribution is 0.179. The molecule has 160 valence electrons. The first kappa shape index (κ1) is 21.2. The van der Waals surface area contributed by atoms with Crippen molar-refractivity contribution in [3.8, 4) is 16.3 Å². The summed E-state index contributed by atoms with van der Waals surface area (Å²) in [6.45, 7) is 5.61. The molecule has 0 aliphatic heterocycles. The van der Waals surface area contributed by atoms with Gasteiger partial charge in [-0.3, -0.25) is 9.69 Å². The van der Waals surface area contributed by atoms with Gasteiger partial charge in [0.25, 0.3) is 5.56 Å². The maximum atomic E-state index is 12.5. The lowest BCUT2D eigenvalue weighted by Gasteiger charge is -2.27. The van der Waals surface area contributed by atoms with Crippen LogP contribution in [0.5, 0.6) is 5.75 Å². The molecule has 1 unspecified atom stereocenters. The third-order valence-corrected chi connectivity index (χ3v) is 6.42. The maximum absolute atomic E-state index is 12.5. The molecule has 2 aromatic carbocycles. The number of hydrogen-bond acceptors (Lipinski definition) is 6. The average Bonchev–Trinajstić information content (AvgIpc) is 3.27. The van der Waals surface area contributed by atoms with E-state index >= 15 is 0 Å². The molecule has 0 amide bonds. The van der Waals surface area contributed by atoms with Gasteiger partial charge >= 0.3 is 0 Å². The number of hydrogen-bond donors (Lipinski definition) is 1. The van der Waals surface area contributed by atoms with Crippen molar-refractivity contribution in [3.05, 3.63) is 75.8 Å². The fraction of sp³-hybridized carbons (Fsp3) is 0.292. The first-order valence-corrected chi connectivity index (χ1v) is 11.3. The van der Waals surface area contributed by atoms with Crippen molar-refractivity contribution in [1.82, 2.24) is 19.9 Å². The quantitative estimate of drug-likeness (QED) is 0.429. The summed E-state index contributed by atoms with van der Waals surface area (Å²) in [4.78, 5) is 27.2. The molecule has 0 radical (unpaired) electrons. The second-order valence-corrected chi connectivity index (χ2v) is 8.42. The van der Waals surface area contributed by atoms with Crippen molar-refractivity contribution >= 4 is 22.2 Å². The zero-order valence-electron chi connectivity index (χ0n) is 18.0. The Morgan fingerprint density at radius 3 is 2.61 bits per heavy atom.